The third-order valence-corrected chi connectivity index (χ3v) is 3.58. The van der Waals surface area contributed by atoms with Gasteiger partial charge in [-0.25, -0.2) is 9.07 Å². The van der Waals surface area contributed by atoms with Crippen LogP contribution in [0.1, 0.15) is 29.3 Å². The van der Waals surface area contributed by atoms with E-state index in [0.717, 1.165) is 24.0 Å². The molecule has 0 aliphatic carbocycles. The van der Waals surface area contributed by atoms with Gasteiger partial charge in [0.25, 0.3) is 5.91 Å². The van der Waals surface area contributed by atoms with Crippen LogP contribution in [-0.2, 0) is 13.1 Å². The Morgan fingerprint density at radius 1 is 1.22 bits per heavy atom. The van der Waals surface area contributed by atoms with Crippen LogP contribution in [0, 0.1) is 5.82 Å². The lowest BCUT2D eigenvalue weighted by Crippen LogP contribution is -2.22. The zero-order valence-electron chi connectivity index (χ0n) is 12.8. The molecule has 0 spiro atoms. The number of carbonyl (C=O) groups is 1. The lowest BCUT2D eigenvalue weighted by atomic mass is 10.1. The Balaban J connectivity index is 1.71. The number of hydrogen-bond acceptors (Lipinski definition) is 3. The minimum Gasteiger partial charge on any atom is -0.348 e. The first kappa shape index (κ1) is 15.1. The lowest BCUT2D eigenvalue weighted by Gasteiger charge is -2.06. The fourth-order valence-corrected chi connectivity index (χ4v) is 2.38. The molecule has 0 unspecified atom stereocenters. The smallest absolute Gasteiger partial charge is 0.251 e. The van der Waals surface area contributed by atoms with E-state index < -0.39 is 0 Å². The Bertz CT molecular complexity index is 826. The van der Waals surface area contributed by atoms with Crippen LogP contribution in [0.4, 0.5) is 4.39 Å². The van der Waals surface area contributed by atoms with E-state index in [4.69, 9.17) is 0 Å². The van der Waals surface area contributed by atoms with Crippen LogP contribution in [-0.4, -0.2) is 20.9 Å². The van der Waals surface area contributed by atoms with Crippen molar-refractivity contribution in [1.82, 2.24) is 20.3 Å². The normalized spacial score (nSPS) is 10.9. The number of carbonyl (C=O) groups excluding carboxylic acids is 1. The van der Waals surface area contributed by atoms with E-state index in [9.17, 15) is 9.18 Å². The van der Waals surface area contributed by atoms with E-state index in [1.807, 2.05) is 10.7 Å². The van der Waals surface area contributed by atoms with Crippen LogP contribution in [0.25, 0.3) is 11.0 Å². The average molecular weight is 312 g/mol. The topological polar surface area (TPSA) is 59.8 Å². The van der Waals surface area contributed by atoms with E-state index in [0.29, 0.717) is 17.6 Å². The van der Waals surface area contributed by atoms with Crippen molar-refractivity contribution in [3.63, 3.8) is 0 Å². The van der Waals surface area contributed by atoms with E-state index in [-0.39, 0.29) is 11.7 Å². The van der Waals surface area contributed by atoms with Gasteiger partial charge in [-0.2, -0.15) is 0 Å². The fourth-order valence-electron chi connectivity index (χ4n) is 2.38. The minimum atomic E-state index is -0.291. The van der Waals surface area contributed by atoms with Crippen LogP contribution < -0.4 is 5.32 Å². The van der Waals surface area contributed by atoms with Crippen LogP contribution in [0.5, 0.6) is 0 Å². The first-order valence-electron chi connectivity index (χ1n) is 7.53. The van der Waals surface area contributed by atoms with Crippen molar-refractivity contribution in [1.29, 1.82) is 0 Å². The molecule has 118 valence electrons. The zero-order valence-corrected chi connectivity index (χ0v) is 12.8. The largest absolute Gasteiger partial charge is 0.348 e. The van der Waals surface area contributed by atoms with Gasteiger partial charge in [-0.3, -0.25) is 4.79 Å². The van der Waals surface area contributed by atoms with Gasteiger partial charge in [-0.1, -0.05) is 24.3 Å². The van der Waals surface area contributed by atoms with Gasteiger partial charge in [0.2, 0.25) is 0 Å². The molecule has 0 saturated heterocycles. The average Bonchev–Trinajstić information content (AvgIpc) is 2.97. The summed E-state index contributed by atoms with van der Waals surface area (Å²) in [4.78, 5) is 12.2. The number of nitrogens with zero attached hydrogens (tertiary/aromatic N) is 3. The molecule has 6 heteroatoms. The number of halogens is 1. The molecule has 2 aromatic carbocycles. The monoisotopic (exact) mass is 312 g/mol. The summed E-state index contributed by atoms with van der Waals surface area (Å²) in [6.07, 6.45) is 0.971. The molecule has 0 atom stereocenters. The van der Waals surface area contributed by atoms with Gasteiger partial charge < -0.3 is 5.32 Å². The lowest BCUT2D eigenvalue weighted by molar-refractivity contribution is 0.0951. The first-order chi connectivity index (χ1) is 11.2. The molecule has 1 heterocycles. The van der Waals surface area contributed by atoms with Gasteiger partial charge in [-0.15, -0.1) is 5.10 Å². The second-order valence-corrected chi connectivity index (χ2v) is 5.33. The van der Waals surface area contributed by atoms with Crippen molar-refractivity contribution in [3.8, 4) is 0 Å². The van der Waals surface area contributed by atoms with Crippen molar-refractivity contribution in [2.75, 3.05) is 0 Å². The Kier molecular flexibility index (Phi) is 4.32. The molecule has 0 aliphatic rings. The quantitative estimate of drug-likeness (QED) is 0.788. The number of rotatable bonds is 5. The predicted octanol–water partition coefficient (Wildman–Crippen LogP) is 2.91. The van der Waals surface area contributed by atoms with Gasteiger partial charge in [0.15, 0.2) is 0 Å². The summed E-state index contributed by atoms with van der Waals surface area (Å²) in [6.45, 7) is 3.22. The number of amides is 1. The van der Waals surface area contributed by atoms with E-state index in [1.165, 1.54) is 12.1 Å². The minimum absolute atomic E-state index is 0.193. The van der Waals surface area contributed by atoms with Gasteiger partial charge in [0.1, 0.15) is 11.3 Å². The molecule has 0 aliphatic heterocycles. The predicted molar refractivity (Wildman–Crippen MR) is 85.4 cm³/mol. The summed E-state index contributed by atoms with van der Waals surface area (Å²) in [5.41, 5.74) is 2.99. The second kappa shape index (κ2) is 6.56. The third kappa shape index (κ3) is 3.36. The summed E-state index contributed by atoms with van der Waals surface area (Å²) < 4.78 is 14.7. The number of hydrogen-bond donors (Lipinski definition) is 1. The molecule has 0 bridgehead atoms. The SMILES string of the molecule is CCCn1nnc2cc(C(=O)NCc3ccc(F)cc3)ccc21. The molecule has 0 saturated carbocycles. The summed E-state index contributed by atoms with van der Waals surface area (Å²) in [6, 6.07) is 11.4. The summed E-state index contributed by atoms with van der Waals surface area (Å²) in [7, 11) is 0. The van der Waals surface area contributed by atoms with E-state index >= 15 is 0 Å². The number of nitrogens with one attached hydrogen (secondary N) is 1. The Labute approximate surface area is 133 Å². The van der Waals surface area contributed by atoms with E-state index in [1.54, 1.807) is 24.3 Å². The highest BCUT2D eigenvalue weighted by atomic mass is 19.1. The molecule has 0 radical (unpaired) electrons. The van der Waals surface area contributed by atoms with Gasteiger partial charge >= 0.3 is 0 Å². The molecule has 1 N–H and O–H groups in total. The maximum absolute atomic E-state index is 12.9. The molecular weight excluding hydrogens is 295 g/mol. The standard InChI is InChI=1S/C17H17FN4O/c1-2-9-22-16-8-5-13(10-15(16)20-21-22)17(23)19-11-12-3-6-14(18)7-4-12/h3-8,10H,2,9,11H2,1H3,(H,19,23). The van der Waals surface area contributed by atoms with Crippen molar-refractivity contribution in [2.45, 2.75) is 26.4 Å². The van der Waals surface area contributed by atoms with Crippen LogP contribution in [0.15, 0.2) is 42.5 Å². The molecule has 0 fully saturated rings. The van der Waals surface area contributed by atoms with E-state index in [2.05, 4.69) is 22.6 Å². The molecule has 1 aromatic heterocycles. The second-order valence-electron chi connectivity index (χ2n) is 5.33. The van der Waals surface area contributed by atoms with Crippen molar-refractivity contribution >= 4 is 16.9 Å². The molecule has 1 amide bonds. The first-order valence-corrected chi connectivity index (χ1v) is 7.53. The highest BCUT2D eigenvalue weighted by molar-refractivity contribution is 5.97. The van der Waals surface area contributed by atoms with Crippen molar-refractivity contribution in [2.24, 2.45) is 0 Å². The molecular formula is C17H17FN4O. The van der Waals surface area contributed by atoms with Crippen LogP contribution in [0.3, 0.4) is 0 Å². The number of aryl methyl sites for hydroxylation is 1. The third-order valence-electron chi connectivity index (χ3n) is 3.58. The molecule has 3 aromatic rings. The number of aromatic nitrogens is 3. The molecule has 3 rings (SSSR count). The summed E-state index contributed by atoms with van der Waals surface area (Å²) in [5.74, 6) is -0.484. The molecule has 5 nitrogen and oxygen atoms in total. The van der Waals surface area contributed by atoms with Crippen LogP contribution in [0.2, 0.25) is 0 Å². The van der Waals surface area contributed by atoms with Gasteiger partial charge in [0, 0.05) is 18.7 Å². The summed E-state index contributed by atoms with van der Waals surface area (Å²) in [5, 5.41) is 11.0. The van der Waals surface area contributed by atoms with Crippen molar-refractivity contribution in [3.05, 3.63) is 59.4 Å². The van der Waals surface area contributed by atoms with Gasteiger partial charge in [0.05, 0.1) is 5.52 Å². The van der Waals surface area contributed by atoms with Gasteiger partial charge in [-0.05, 0) is 42.3 Å². The maximum atomic E-state index is 12.9. The zero-order chi connectivity index (χ0) is 16.2. The number of fused-ring (bicyclic) bond motifs is 1. The Morgan fingerprint density at radius 3 is 2.74 bits per heavy atom. The fraction of sp³-hybridized carbons (Fsp3) is 0.235. The van der Waals surface area contributed by atoms with Crippen LogP contribution >= 0.6 is 0 Å². The molecule has 23 heavy (non-hydrogen) atoms. The number of benzene rings is 2. The Hall–Kier alpha value is -2.76. The maximum Gasteiger partial charge on any atom is 0.251 e. The summed E-state index contributed by atoms with van der Waals surface area (Å²) >= 11 is 0. The highest BCUT2D eigenvalue weighted by Gasteiger charge is 2.10. The van der Waals surface area contributed by atoms with Crippen molar-refractivity contribution < 1.29 is 9.18 Å². The Morgan fingerprint density at radius 2 is 2.00 bits per heavy atom. The highest BCUT2D eigenvalue weighted by Crippen LogP contribution is 2.14.